The molecule has 0 aromatic rings. The van der Waals surface area contributed by atoms with E-state index < -0.39 is 0 Å². The Morgan fingerprint density at radius 3 is 1.63 bits per heavy atom. The second-order valence-electron chi connectivity index (χ2n) is 7.29. The lowest BCUT2D eigenvalue weighted by atomic mass is 10.1. The molecule has 7 heteroatoms. The predicted octanol–water partition coefficient (Wildman–Crippen LogP) is 5.34. The van der Waals surface area contributed by atoms with E-state index in [1.165, 1.54) is 49.4 Å². The van der Waals surface area contributed by atoms with Gasteiger partial charge in [0.15, 0.2) is 0 Å². The molecule has 0 aliphatic rings. The van der Waals surface area contributed by atoms with Crippen molar-refractivity contribution in [3.05, 3.63) is 0 Å². The Balaban J connectivity index is 3.10. The van der Waals surface area contributed by atoms with E-state index in [1.807, 2.05) is 0 Å². The largest absolute Gasteiger partial charge is 0.463 e. The molecule has 0 aromatic carbocycles. The molecule has 0 heterocycles. The Morgan fingerprint density at radius 2 is 1.03 bits per heavy atom. The highest BCUT2D eigenvalue weighted by atomic mass is 127. The van der Waals surface area contributed by atoms with Crippen LogP contribution in [0, 0.1) is 0 Å². The Labute approximate surface area is 198 Å². The normalized spacial score (nSPS) is 11.1. The summed E-state index contributed by atoms with van der Waals surface area (Å²) in [7, 11) is 0. The van der Waals surface area contributed by atoms with Gasteiger partial charge in [0, 0.05) is 13.0 Å². The topological polar surface area (TPSA) is 63.2 Å². The van der Waals surface area contributed by atoms with Crippen molar-refractivity contribution in [3.63, 3.8) is 0 Å². The molecule has 0 aliphatic carbocycles. The summed E-state index contributed by atoms with van der Waals surface area (Å²) in [5.74, 6) is -0.123. The van der Waals surface area contributed by atoms with E-state index in [2.05, 4.69) is 29.5 Å². The Bertz CT molecular complexity index is 344. The van der Waals surface area contributed by atoms with Crippen LogP contribution < -0.4 is 0 Å². The maximum absolute atomic E-state index is 11.6. The summed E-state index contributed by atoms with van der Waals surface area (Å²) in [6.07, 6.45) is 12.5. The van der Waals surface area contributed by atoms with Gasteiger partial charge in [-0.1, -0.05) is 74.5 Å². The van der Waals surface area contributed by atoms with E-state index in [9.17, 15) is 4.79 Å². The minimum Gasteiger partial charge on any atom is -0.463 e. The van der Waals surface area contributed by atoms with Gasteiger partial charge in [0.1, 0.15) is 6.61 Å². The predicted molar refractivity (Wildman–Crippen MR) is 130 cm³/mol. The van der Waals surface area contributed by atoms with Crippen molar-refractivity contribution in [2.45, 2.75) is 77.6 Å². The lowest BCUT2D eigenvalue weighted by Gasteiger charge is -2.08. The fourth-order valence-corrected chi connectivity index (χ4v) is 3.29. The third-order valence-corrected chi connectivity index (χ3v) is 5.28. The summed E-state index contributed by atoms with van der Waals surface area (Å²) in [6, 6.07) is 0. The zero-order valence-electron chi connectivity index (χ0n) is 19.2. The van der Waals surface area contributed by atoms with Gasteiger partial charge in [0.25, 0.3) is 0 Å². The van der Waals surface area contributed by atoms with Crippen LogP contribution in [0.15, 0.2) is 0 Å². The van der Waals surface area contributed by atoms with E-state index in [1.54, 1.807) is 0 Å². The third-order valence-electron chi connectivity index (χ3n) is 4.51. The number of ether oxygens (including phenoxy) is 5. The first-order valence-electron chi connectivity index (χ1n) is 11.8. The molecule has 0 N–H and O–H groups in total. The van der Waals surface area contributed by atoms with Gasteiger partial charge in [0.2, 0.25) is 0 Å². The molecular weight excluding hydrogens is 499 g/mol. The quantitative estimate of drug-likeness (QED) is 0.0669. The van der Waals surface area contributed by atoms with Crippen LogP contribution in [0.2, 0.25) is 0 Å². The summed E-state index contributed by atoms with van der Waals surface area (Å²) >= 11 is 2.42. The number of alkyl halides is 1. The van der Waals surface area contributed by atoms with Gasteiger partial charge in [-0.15, -0.1) is 0 Å². The summed E-state index contributed by atoms with van der Waals surface area (Å²) in [5, 5.41) is 0. The summed E-state index contributed by atoms with van der Waals surface area (Å²) in [4.78, 5) is 11.6. The highest BCUT2D eigenvalue weighted by Crippen LogP contribution is 2.07. The number of carbonyl (C=O) groups is 1. The lowest BCUT2D eigenvalue weighted by Crippen LogP contribution is -2.14. The van der Waals surface area contributed by atoms with E-state index in [0.717, 1.165) is 25.9 Å². The van der Waals surface area contributed by atoms with Crippen molar-refractivity contribution >= 4 is 28.6 Å². The second kappa shape index (κ2) is 27.1. The van der Waals surface area contributed by atoms with E-state index in [0.29, 0.717) is 59.3 Å². The minimum atomic E-state index is -0.123. The van der Waals surface area contributed by atoms with Crippen molar-refractivity contribution in [1.29, 1.82) is 0 Å². The average molecular weight is 545 g/mol. The van der Waals surface area contributed by atoms with Gasteiger partial charge in [-0.3, -0.25) is 4.79 Å². The second-order valence-corrected chi connectivity index (χ2v) is 8.37. The highest BCUT2D eigenvalue weighted by Gasteiger charge is 2.02. The fourth-order valence-electron chi connectivity index (χ4n) is 2.75. The highest BCUT2D eigenvalue weighted by molar-refractivity contribution is 14.1. The SMILES string of the molecule is CCCCCCCCC(=O)OCCOCCOCCOCCOCCCCCCI. The molecule has 0 radical (unpaired) electrons. The van der Waals surface area contributed by atoms with Gasteiger partial charge in [-0.2, -0.15) is 0 Å². The molecule has 0 saturated heterocycles. The molecule has 6 nitrogen and oxygen atoms in total. The number of unbranched alkanes of at least 4 members (excludes halogenated alkanes) is 8. The Hall–Kier alpha value is 0.0400. The average Bonchev–Trinajstić information content (AvgIpc) is 2.75. The van der Waals surface area contributed by atoms with Gasteiger partial charge in [-0.25, -0.2) is 0 Å². The smallest absolute Gasteiger partial charge is 0.305 e. The van der Waals surface area contributed by atoms with Crippen LogP contribution in [0.4, 0.5) is 0 Å². The number of hydrogen-bond donors (Lipinski definition) is 0. The summed E-state index contributed by atoms with van der Waals surface area (Å²) in [6.45, 7) is 7.14. The molecule has 0 aliphatic heterocycles. The summed E-state index contributed by atoms with van der Waals surface area (Å²) in [5.41, 5.74) is 0. The molecule has 30 heavy (non-hydrogen) atoms. The Morgan fingerprint density at radius 1 is 0.567 bits per heavy atom. The monoisotopic (exact) mass is 544 g/mol. The standard InChI is InChI=1S/C23H45IO6/c1-2-3-4-5-6-9-12-23(25)30-22-21-29-20-19-28-18-17-27-16-15-26-14-11-8-7-10-13-24/h2-22H2,1H3. The number of rotatable bonds is 25. The van der Waals surface area contributed by atoms with Crippen LogP contribution in [-0.2, 0) is 28.5 Å². The van der Waals surface area contributed by atoms with Crippen LogP contribution in [0.5, 0.6) is 0 Å². The molecule has 0 spiro atoms. The number of hydrogen-bond acceptors (Lipinski definition) is 6. The van der Waals surface area contributed by atoms with Gasteiger partial charge < -0.3 is 23.7 Å². The zero-order chi connectivity index (χ0) is 22.0. The van der Waals surface area contributed by atoms with Crippen LogP contribution in [0.1, 0.15) is 77.6 Å². The molecular formula is C23H45IO6. The van der Waals surface area contributed by atoms with Crippen molar-refractivity contribution in [2.24, 2.45) is 0 Å². The molecule has 0 saturated carbocycles. The maximum Gasteiger partial charge on any atom is 0.305 e. The van der Waals surface area contributed by atoms with E-state index >= 15 is 0 Å². The summed E-state index contributed by atoms with van der Waals surface area (Å²) < 4.78 is 28.2. The minimum absolute atomic E-state index is 0.123. The zero-order valence-corrected chi connectivity index (χ0v) is 21.3. The number of halogens is 1. The first kappa shape index (κ1) is 30.0. The molecule has 0 rings (SSSR count). The van der Waals surface area contributed by atoms with Crippen molar-refractivity contribution < 1.29 is 28.5 Å². The molecule has 0 fully saturated rings. The molecule has 0 unspecified atom stereocenters. The van der Waals surface area contributed by atoms with Crippen molar-refractivity contribution in [3.8, 4) is 0 Å². The first-order valence-corrected chi connectivity index (χ1v) is 13.4. The van der Waals surface area contributed by atoms with Crippen molar-refractivity contribution in [2.75, 3.05) is 63.9 Å². The number of esters is 1. The van der Waals surface area contributed by atoms with Crippen LogP contribution >= 0.6 is 22.6 Å². The first-order chi connectivity index (χ1) is 14.8. The number of carbonyl (C=O) groups excluding carboxylic acids is 1. The fraction of sp³-hybridized carbons (Fsp3) is 0.957. The van der Waals surface area contributed by atoms with Crippen LogP contribution in [0.3, 0.4) is 0 Å². The molecule has 0 amide bonds. The van der Waals surface area contributed by atoms with Gasteiger partial charge in [0.05, 0.1) is 46.2 Å². The maximum atomic E-state index is 11.6. The molecule has 180 valence electrons. The third kappa shape index (κ3) is 26.1. The lowest BCUT2D eigenvalue weighted by molar-refractivity contribution is -0.145. The molecule has 0 aromatic heterocycles. The van der Waals surface area contributed by atoms with Gasteiger partial charge >= 0.3 is 5.97 Å². The van der Waals surface area contributed by atoms with Crippen LogP contribution in [0.25, 0.3) is 0 Å². The van der Waals surface area contributed by atoms with E-state index in [4.69, 9.17) is 23.7 Å². The Kier molecular flexibility index (Phi) is 27.1. The van der Waals surface area contributed by atoms with E-state index in [-0.39, 0.29) is 5.97 Å². The van der Waals surface area contributed by atoms with Gasteiger partial charge in [-0.05, 0) is 23.7 Å². The molecule has 0 bridgehead atoms. The van der Waals surface area contributed by atoms with Crippen LogP contribution in [-0.4, -0.2) is 69.9 Å². The van der Waals surface area contributed by atoms with Crippen molar-refractivity contribution in [1.82, 2.24) is 0 Å². The molecule has 0 atom stereocenters.